The highest BCUT2D eigenvalue weighted by atomic mass is 32.1. The maximum atomic E-state index is 10.6. The molecule has 94 valence electrons. The summed E-state index contributed by atoms with van der Waals surface area (Å²) in [6, 6.07) is 8.15. The Morgan fingerprint density at radius 2 is 1.95 bits per heavy atom. The number of nitro groups is 1. The molecule has 0 amide bonds. The molecular formula is C12H8N4O2S. The molecule has 0 aliphatic heterocycles. The summed E-state index contributed by atoms with van der Waals surface area (Å²) in [5, 5.41) is 16.6. The predicted molar refractivity (Wildman–Crippen MR) is 73.8 cm³/mol. The van der Waals surface area contributed by atoms with Crippen molar-refractivity contribution in [1.82, 2.24) is 9.97 Å². The highest BCUT2D eigenvalue weighted by Crippen LogP contribution is 2.26. The topological polar surface area (TPSA) is 81.0 Å². The molecule has 0 unspecified atom stereocenters. The van der Waals surface area contributed by atoms with Crippen LogP contribution < -0.4 is 5.32 Å². The molecule has 1 aromatic carbocycles. The Morgan fingerprint density at radius 3 is 2.68 bits per heavy atom. The van der Waals surface area contributed by atoms with Crippen molar-refractivity contribution in [3.05, 3.63) is 52.2 Å². The molecule has 0 spiro atoms. The number of hydrogen-bond acceptors (Lipinski definition) is 6. The van der Waals surface area contributed by atoms with E-state index in [9.17, 15) is 10.1 Å². The van der Waals surface area contributed by atoms with Gasteiger partial charge in [-0.05, 0) is 23.6 Å². The number of hydrogen-bond donors (Lipinski definition) is 1. The summed E-state index contributed by atoms with van der Waals surface area (Å²) in [6.07, 6.45) is 1.49. The van der Waals surface area contributed by atoms with Crippen molar-refractivity contribution < 1.29 is 4.92 Å². The predicted octanol–water partition coefficient (Wildman–Crippen LogP) is 3.34. The Balaban J connectivity index is 1.92. The molecule has 3 rings (SSSR count). The lowest BCUT2D eigenvalue weighted by atomic mass is 10.2. The lowest BCUT2D eigenvalue weighted by molar-refractivity contribution is -0.384. The molecule has 0 saturated carbocycles. The molecule has 19 heavy (non-hydrogen) atoms. The van der Waals surface area contributed by atoms with Gasteiger partial charge in [0.2, 0.25) is 0 Å². The summed E-state index contributed by atoms with van der Waals surface area (Å²) in [5.41, 5.74) is 0.811. The van der Waals surface area contributed by atoms with Crippen molar-refractivity contribution in [1.29, 1.82) is 0 Å². The number of thiophene rings is 1. The summed E-state index contributed by atoms with van der Waals surface area (Å²) < 4.78 is 0. The van der Waals surface area contributed by atoms with Crippen LogP contribution in [0.3, 0.4) is 0 Å². The van der Waals surface area contributed by atoms with Crippen LogP contribution in [-0.2, 0) is 0 Å². The molecule has 0 saturated heterocycles. The van der Waals surface area contributed by atoms with Gasteiger partial charge in [0.1, 0.15) is 17.0 Å². The molecule has 7 heteroatoms. The number of rotatable bonds is 3. The Hall–Kier alpha value is -2.54. The van der Waals surface area contributed by atoms with Crippen molar-refractivity contribution >= 4 is 38.7 Å². The van der Waals surface area contributed by atoms with Gasteiger partial charge in [0.25, 0.3) is 5.69 Å². The average Bonchev–Trinajstić information content (AvgIpc) is 2.89. The third kappa shape index (κ3) is 2.23. The smallest absolute Gasteiger partial charge is 0.269 e. The molecule has 0 radical (unpaired) electrons. The zero-order valence-corrected chi connectivity index (χ0v) is 10.4. The Bertz CT molecular complexity index is 739. The van der Waals surface area contributed by atoms with Crippen LogP contribution in [0.1, 0.15) is 0 Å². The van der Waals surface area contributed by atoms with Gasteiger partial charge in [-0.1, -0.05) is 0 Å². The third-order valence-electron chi connectivity index (χ3n) is 2.60. The lowest BCUT2D eigenvalue weighted by Crippen LogP contribution is -1.95. The molecule has 0 aliphatic rings. The van der Waals surface area contributed by atoms with E-state index < -0.39 is 4.92 Å². The maximum Gasteiger partial charge on any atom is 0.269 e. The van der Waals surface area contributed by atoms with E-state index in [1.54, 1.807) is 12.1 Å². The number of aromatic nitrogens is 2. The minimum atomic E-state index is -0.425. The molecule has 0 fully saturated rings. The molecule has 0 atom stereocenters. The van der Waals surface area contributed by atoms with E-state index in [1.165, 1.54) is 29.8 Å². The van der Waals surface area contributed by atoms with E-state index in [2.05, 4.69) is 15.3 Å². The van der Waals surface area contributed by atoms with E-state index in [0.717, 1.165) is 15.9 Å². The van der Waals surface area contributed by atoms with Gasteiger partial charge < -0.3 is 5.32 Å². The third-order valence-corrected chi connectivity index (χ3v) is 3.42. The normalized spacial score (nSPS) is 10.5. The fourth-order valence-electron chi connectivity index (χ4n) is 1.69. The fourth-order valence-corrected chi connectivity index (χ4v) is 2.43. The minimum absolute atomic E-state index is 0.0638. The number of non-ortho nitro benzene ring substituents is 1. The number of nitrogens with one attached hydrogen (secondary N) is 1. The lowest BCUT2D eigenvalue weighted by Gasteiger charge is -2.05. The maximum absolute atomic E-state index is 10.6. The van der Waals surface area contributed by atoms with E-state index in [0.29, 0.717) is 5.82 Å². The van der Waals surface area contributed by atoms with Crippen molar-refractivity contribution in [3.8, 4) is 0 Å². The standard InChI is InChI=1S/C12H8N4O2S/c17-16(18)9-3-1-8(2-4-9)15-11-10-5-6-19-12(10)14-7-13-11/h1-7H,(H,13,14,15). The van der Waals surface area contributed by atoms with Crippen LogP contribution in [0.2, 0.25) is 0 Å². The quantitative estimate of drug-likeness (QED) is 0.584. The van der Waals surface area contributed by atoms with Crippen LogP contribution in [0.25, 0.3) is 10.2 Å². The van der Waals surface area contributed by atoms with E-state index >= 15 is 0 Å². The van der Waals surface area contributed by atoms with E-state index in [-0.39, 0.29) is 5.69 Å². The molecule has 0 aliphatic carbocycles. The van der Waals surface area contributed by atoms with Gasteiger partial charge >= 0.3 is 0 Å². The number of benzene rings is 1. The first-order chi connectivity index (χ1) is 9.24. The summed E-state index contributed by atoms with van der Waals surface area (Å²) in [7, 11) is 0. The molecule has 1 N–H and O–H groups in total. The van der Waals surface area contributed by atoms with Gasteiger partial charge in [-0.3, -0.25) is 10.1 Å². The summed E-state index contributed by atoms with van der Waals surface area (Å²) >= 11 is 1.54. The molecule has 0 bridgehead atoms. The monoisotopic (exact) mass is 272 g/mol. The first-order valence-electron chi connectivity index (χ1n) is 5.44. The summed E-state index contributed by atoms with van der Waals surface area (Å²) in [6.45, 7) is 0. The van der Waals surface area contributed by atoms with E-state index in [1.807, 2.05) is 11.4 Å². The molecule has 2 heterocycles. The first-order valence-corrected chi connectivity index (χ1v) is 6.32. The fraction of sp³-hybridized carbons (Fsp3) is 0. The summed E-state index contributed by atoms with van der Waals surface area (Å²) in [4.78, 5) is 19.4. The summed E-state index contributed by atoms with van der Waals surface area (Å²) in [5.74, 6) is 0.695. The second-order valence-corrected chi connectivity index (χ2v) is 4.69. The van der Waals surface area contributed by atoms with E-state index in [4.69, 9.17) is 0 Å². The molecule has 6 nitrogen and oxygen atoms in total. The largest absolute Gasteiger partial charge is 0.340 e. The Labute approximate surface area is 111 Å². The Kier molecular flexibility index (Phi) is 2.81. The molecule has 2 aromatic heterocycles. The van der Waals surface area contributed by atoms with Gasteiger partial charge in [-0.2, -0.15) is 0 Å². The Morgan fingerprint density at radius 1 is 1.16 bits per heavy atom. The zero-order valence-electron chi connectivity index (χ0n) is 9.61. The average molecular weight is 272 g/mol. The van der Waals surface area contributed by atoms with Gasteiger partial charge in [0, 0.05) is 17.8 Å². The highest BCUT2D eigenvalue weighted by Gasteiger charge is 2.07. The van der Waals surface area contributed by atoms with Crippen molar-refractivity contribution in [3.63, 3.8) is 0 Å². The number of nitro benzene ring substituents is 1. The van der Waals surface area contributed by atoms with Gasteiger partial charge in [-0.25, -0.2) is 9.97 Å². The SMILES string of the molecule is O=[N+]([O-])c1ccc(Nc2ncnc3sccc23)cc1. The zero-order chi connectivity index (χ0) is 13.2. The van der Waals surface area contributed by atoms with Crippen molar-refractivity contribution in [2.24, 2.45) is 0 Å². The van der Waals surface area contributed by atoms with Crippen LogP contribution in [0.4, 0.5) is 17.2 Å². The van der Waals surface area contributed by atoms with Crippen LogP contribution in [0.15, 0.2) is 42.0 Å². The van der Waals surface area contributed by atoms with Crippen LogP contribution in [0.5, 0.6) is 0 Å². The van der Waals surface area contributed by atoms with Crippen molar-refractivity contribution in [2.75, 3.05) is 5.32 Å². The van der Waals surface area contributed by atoms with Crippen LogP contribution in [-0.4, -0.2) is 14.9 Å². The van der Waals surface area contributed by atoms with Gasteiger partial charge in [0.15, 0.2) is 0 Å². The van der Waals surface area contributed by atoms with Crippen LogP contribution in [0, 0.1) is 10.1 Å². The number of anilines is 2. The molecule has 3 aromatic rings. The minimum Gasteiger partial charge on any atom is -0.340 e. The van der Waals surface area contributed by atoms with Gasteiger partial charge in [-0.15, -0.1) is 11.3 Å². The first kappa shape index (κ1) is 11.5. The van der Waals surface area contributed by atoms with Gasteiger partial charge in [0.05, 0.1) is 10.3 Å². The van der Waals surface area contributed by atoms with Crippen LogP contribution >= 0.6 is 11.3 Å². The number of fused-ring (bicyclic) bond motifs is 1. The second kappa shape index (κ2) is 4.62. The second-order valence-electron chi connectivity index (χ2n) is 3.79. The highest BCUT2D eigenvalue weighted by molar-refractivity contribution is 7.16. The number of nitrogens with zero attached hydrogens (tertiary/aromatic N) is 3. The van der Waals surface area contributed by atoms with Crippen molar-refractivity contribution in [2.45, 2.75) is 0 Å². The molecular weight excluding hydrogens is 264 g/mol.